The molecule has 0 aliphatic heterocycles. The summed E-state index contributed by atoms with van der Waals surface area (Å²) in [4.78, 5) is 41.4. The Bertz CT molecular complexity index is 662. The van der Waals surface area contributed by atoms with Crippen LogP contribution in [0.5, 0.6) is 0 Å². The highest BCUT2D eigenvalue weighted by Gasteiger charge is 2.32. The fourth-order valence-electron chi connectivity index (χ4n) is 2.46. The van der Waals surface area contributed by atoms with Crippen molar-refractivity contribution in [2.75, 3.05) is 13.2 Å². The van der Waals surface area contributed by atoms with Crippen LogP contribution < -0.4 is 10.8 Å². The molecule has 12 nitrogen and oxygen atoms in total. The lowest BCUT2D eigenvalue weighted by atomic mass is 9.93. The highest BCUT2D eigenvalue weighted by molar-refractivity contribution is 5.06. The van der Waals surface area contributed by atoms with E-state index in [2.05, 4.69) is 26.1 Å². The highest BCUT2D eigenvalue weighted by Crippen LogP contribution is 2.19. The van der Waals surface area contributed by atoms with E-state index in [-0.39, 0.29) is 25.5 Å². The quantitative estimate of drug-likeness (QED) is 0.209. The van der Waals surface area contributed by atoms with Gasteiger partial charge in [-0.15, -0.1) is 0 Å². The minimum atomic E-state index is -0.787. The second-order valence-corrected chi connectivity index (χ2v) is 7.69. The molecule has 1 rings (SSSR count). The van der Waals surface area contributed by atoms with E-state index in [9.17, 15) is 19.9 Å². The van der Waals surface area contributed by atoms with Gasteiger partial charge < -0.3 is 15.4 Å². The van der Waals surface area contributed by atoms with Crippen LogP contribution >= 0.6 is 0 Å². The summed E-state index contributed by atoms with van der Waals surface area (Å²) < 4.78 is 1.36. The van der Waals surface area contributed by atoms with E-state index in [1.54, 1.807) is 20.8 Å². The zero-order valence-electron chi connectivity index (χ0n) is 16.9. The van der Waals surface area contributed by atoms with E-state index >= 15 is 0 Å². The topological polar surface area (TPSA) is 153 Å². The number of aryl methyl sites for hydroxylation is 1. The maximum Gasteiger partial charge on any atom is 0.434 e. The molecule has 0 spiro atoms. The molecule has 2 N–H and O–H groups in total. The molecular weight excluding hydrogens is 370 g/mol. The Balaban J connectivity index is 2.48. The number of nitroso groups, excluding NO2 is 2. The first-order valence-electron chi connectivity index (χ1n) is 8.99. The maximum absolute atomic E-state index is 11.3. The molecule has 1 aromatic heterocycles. The zero-order chi connectivity index (χ0) is 21.4. The predicted molar refractivity (Wildman–Crippen MR) is 104 cm³/mol. The van der Waals surface area contributed by atoms with Crippen LogP contribution in [-0.4, -0.2) is 50.8 Å². The number of nitro groups is 1. The normalized spacial score (nSPS) is 14.5. The molecule has 2 unspecified atom stereocenters. The zero-order valence-corrected chi connectivity index (χ0v) is 16.9. The van der Waals surface area contributed by atoms with Gasteiger partial charge in [0.25, 0.3) is 0 Å². The minimum absolute atomic E-state index is 0.226. The fourth-order valence-corrected chi connectivity index (χ4v) is 2.46. The van der Waals surface area contributed by atoms with Gasteiger partial charge in [-0.25, -0.2) is 4.57 Å². The third kappa shape index (κ3) is 6.69. The van der Waals surface area contributed by atoms with Crippen molar-refractivity contribution in [3.63, 3.8) is 0 Å². The van der Waals surface area contributed by atoms with Crippen molar-refractivity contribution in [1.29, 1.82) is 0 Å². The summed E-state index contributed by atoms with van der Waals surface area (Å²) in [6.07, 6.45) is 3.10. The van der Waals surface area contributed by atoms with Crippen LogP contribution in [0.15, 0.2) is 22.7 Å². The van der Waals surface area contributed by atoms with Crippen LogP contribution in [0.25, 0.3) is 0 Å². The van der Waals surface area contributed by atoms with Gasteiger partial charge in [-0.3, -0.25) is 4.84 Å². The molecular formula is C16H29N7O5. The Morgan fingerprint density at radius 2 is 1.96 bits per heavy atom. The van der Waals surface area contributed by atoms with Gasteiger partial charge in [0.05, 0.1) is 18.7 Å². The van der Waals surface area contributed by atoms with E-state index < -0.39 is 28.1 Å². The summed E-state index contributed by atoms with van der Waals surface area (Å²) >= 11 is 0. The summed E-state index contributed by atoms with van der Waals surface area (Å²) in [5.41, 5.74) is 1.58. The van der Waals surface area contributed by atoms with Crippen molar-refractivity contribution in [2.24, 2.45) is 10.4 Å². The summed E-state index contributed by atoms with van der Waals surface area (Å²) in [6, 6.07) is -1.08. The molecule has 0 saturated heterocycles. The van der Waals surface area contributed by atoms with Gasteiger partial charge in [0, 0.05) is 18.5 Å². The third-order valence-electron chi connectivity index (χ3n) is 4.78. The molecule has 0 bridgehead atoms. The lowest BCUT2D eigenvalue weighted by molar-refractivity contribution is -0.396. The van der Waals surface area contributed by atoms with E-state index in [1.807, 2.05) is 13.8 Å². The molecule has 0 fully saturated rings. The van der Waals surface area contributed by atoms with Gasteiger partial charge in [0.2, 0.25) is 0 Å². The Morgan fingerprint density at radius 1 is 1.29 bits per heavy atom. The first-order chi connectivity index (χ1) is 13.0. The minimum Gasteiger partial charge on any atom is -0.390 e. The van der Waals surface area contributed by atoms with E-state index in [0.29, 0.717) is 6.54 Å². The van der Waals surface area contributed by atoms with Crippen LogP contribution in [-0.2, 0) is 11.4 Å². The molecule has 0 radical (unpaired) electrons. The van der Waals surface area contributed by atoms with Crippen molar-refractivity contribution >= 4 is 5.95 Å². The van der Waals surface area contributed by atoms with Crippen LogP contribution in [0.2, 0.25) is 0 Å². The first-order valence-corrected chi connectivity index (χ1v) is 8.99. The molecule has 0 aromatic carbocycles. The number of nitrogens with zero attached hydrogens (tertiary/aromatic N) is 5. The molecule has 1 heterocycles. The Hall–Kier alpha value is -2.31. The average molecular weight is 399 g/mol. The molecule has 12 heteroatoms. The SMILES string of the molecule is CC(N=O)C(C)(C)NCCONC(C)(C)C(CCn1ccnc1[N+](=O)[O-])N=O. The molecule has 0 amide bonds. The van der Waals surface area contributed by atoms with Crippen LogP contribution in [0.3, 0.4) is 0 Å². The van der Waals surface area contributed by atoms with Crippen LogP contribution in [0.1, 0.15) is 41.0 Å². The van der Waals surface area contributed by atoms with Gasteiger partial charge in [-0.1, -0.05) is 15.3 Å². The molecule has 28 heavy (non-hydrogen) atoms. The van der Waals surface area contributed by atoms with Crippen molar-refractivity contribution in [3.8, 4) is 0 Å². The van der Waals surface area contributed by atoms with Gasteiger partial charge in [0.1, 0.15) is 24.5 Å². The Morgan fingerprint density at radius 3 is 2.54 bits per heavy atom. The second kappa shape index (κ2) is 10.3. The number of rotatable bonds is 14. The second-order valence-electron chi connectivity index (χ2n) is 7.69. The molecule has 1 aromatic rings. The van der Waals surface area contributed by atoms with Crippen molar-refractivity contribution in [1.82, 2.24) is 20.3 Å². The molecule has 0 saturated carbocycles. The monoisotopic (exact) mass is 399 g/mol. The van der Waals surface area contributed by atoms with Crippen molar-refractivity contribution < 1.29 is 9.76 Å². The van der Waals surface area contributed by atoms with E-state index in [1.165, 1.54) is 17.0 Å². The summed E-state index contributed by atoms with van der Waals surface area (Å²) in [5.74, 6) is -0.278. The molecule has 2 atom stereocenters. The fraction of sp³-hybridized carbons (Fsp3) is 0.812. The predicted octanol–water partition coefficient (Wildman–Crippen LogP) is 2.14. The summed E-state index contributed by atoms with van der Waals surface area (Å²) in [6.45, 7) is 9.98. The summed E-state index contributed by atoms with van der Waals surface area (Å²) in [5, 5.41) is 20.3. The number of hydrogen-bond acceptors (Lipinski definition) is 10. The van der Waals surface area contributed by atoms with Gasteiger partial charge in [-0.05, 0) is 39.5 Å². The average Bonchev–Trinajstić information content (AvgIpc) is 3.09. The molecule has 158 valence electrons. The Labute approximate surface area is 163 Å². The molecule has 0 aliphatic rings. The largest absolute Gasteiger partial charge is 0.434 e. The Kier molecular flexibility index (Phi) is 8.72. The van der Waals surface area contributed by atoms with Gasteiger partial charge >= 0.3 is 5.95 Å². The number of imidazole rings is 1. The van der Waals surface area contributed by atoms with Gasteiger partial charge in [0.15, 0.2) is 0 Å². The van der Waals surface area contributed by atoms with E-state index in [0.717, 1.165) is 0 Å². The number of aromatic nitrogens is 2. The van der Waals surface area contributed by atoms with Crippen molar-refractivity contribution in [3.05, 3.63) is 32.3 Å². The number of hydroxylamine groups is 1. The molecule has 0 aliphatic carbocycles. The van der Waals surface area contributed by atoms with Crippen LogP contribution in [0.4, 0.5) is 5.95 Å². The number of hydrogen-bond donors (Lipinski definition) is 2. The van der Waals surface area contributed by atoms with Crippen LogP contribution in [0, 0.1) is 19.9 Å². The lowest BCUT2D eigenvalue weighted by Gasteiger charge is -2.31. The lowest BCUT2D eigenvalue weighted by Crippen LogP contribution is -2.51. The first kappa shape index (κ1) is 23.7. The van der Waals surface area contributed by atoms with E-state index in [4.69, 9.17) is 4.84 Å². The standard InChI is InChI=1S/C16H29N7O5/c1-12(19-24)15(2,3)18-8-11-28-21-16(4,5)13(20-25)6-9-22-10-7-17-14(22)23(26)27/h7,10,12-13,18,21H,6,8-9,11H2,1-5H3. The van der Waals surface area contributed by atoms with Crippen molar-refractivity contribution in [2.45, 2.75) is 70.7 Å². The highest BCUT2D eigenvalue weighted by atomic mass is 16.6. The third-order valence-corrected chi connectivity index (χ3v) is 4.78. The maximum atomic E-state index is 11.3. The smallest absolute Gasteiger partial charge is 0.390 e. The van der Waals surface area contributed by atoms with Gasteiger partial charge in [-0.2, -0.15) is 15.3 Å². The number of nitrogens with one attached hydrogen (secondary N) is 2. The summed E-state index contributed by atoms with van der Waals surface area (Å²) in [7, 11) is 0.